The van der Waals surface area contributed by atoms with Crippen LogP contribution >= 0.6 is 0 Å². The smallest absolute Gasteiger partial charge is 0.458 e. The van der Waals surface area contributed by atoms with Crippen molar-refractivity contribution in [3.8, 4) is 0 Å². The van der Waals surface area contributed by atoms with E-state index in [1.807, 2.05) is 0 Å². The number of carbonyl (C=O) groups excluding carboxylic acids is 2. The summed E-state index contributed by atoms with van der Waals surface area (Å²) in [6, 6.07) is 6.31. The zero-order valence-electron chi connectivity index (χ0n) is 17.6. The van der Waals surface area contributed by atoms with E-state index in [-0.39, 0.29) is 44.0 Å². The highest BCUT2D eigenvalue weighted by atomic mass is 16.8. The zero-order valence-corrected chi connectivity index (χ0v) is 17.6. The first-order valence-corrected chi connectivity index (χ1v) is 9.38. The molecule has 0 saturated carbocycles. The van der Waals surface area contributed by atoms with Crippen molar-refractivity contribution in [1.29, 1.82) is 0 Å². The summed E-state index contributed by atoms with van der Waals surface area (Å²) in [4.78, 5) is 33.6. The molecule has 1 aromatic rings. The summed E-state index contributed by atoms with van der Waals surface area (Å²) in [5, 5.41) is 26.0. The average Bonchev–Trinajstić information content (AvgIpc) is 2.78. The fourth-order valence-electron chi connectivity index (χ4n) is 2.04. The van der Waals surface area contributed by atoms with Crippen LogP contribution in [-0.4, -0.2) is 72.2 Å². The molecule has 0 aliphatic rings. The van der Waals surface area contributed by atoms with Crippen LogP contribution in [0.2, 0.25) is 0 Å². The van der Waals surface area contributed by atoms with Crippen LogP contribution in [0.4, 0.5) is 4.79 Å². The summed E-state index contributed by atoms with van der Waals surface area (Å²) < 4.78 is 18.8. The normalized spacial score (nSPS) is 11.6. The highest BCUT2D eigenvalue weighted by Gasteiger charge is 2.22. The van der Waals surface area contributed by atoms with Gasteiger partial charge in [-0.15, -0.1) is 6.58 Å². The standard InChI is InChI=1S/C14H14O4.C8H14O6/c1-3-9-17-13(15)11-7-5-6-8-12(11)14(16)18-10-4-2;1-2-3-6(10)7(13-5-4-9)14-8(11)12/h3-8H,1-2,9-10H2;2,6-7,9-10H,1,3-5H2,(H,11,12). The molecule has 3 N–H and O–H groups in total. The summed E-state index contributed by atoms with van der Waals surface area (Å²) in [6.07, 6.45) is 0.505. The molecule has 1 aromatic carbocycles. The molecule has 1 rings (SSSR count). The minimum atomic E-state index is -1.55. The van der Waals surface area contributed by atoms with Gasteiger partial charge in [-0.05, 0) is 18.6 Å². The largest absolute Gasteiger partial charge is 0.508 e. The second kappa shape index (κ2) is 17.2. The average molecular weight is 452 g/mol. The van der Waals surface area contributed by atoms with E-state index in [4.69, 9.17) is 24.4 Å². The number of aliphatic hydroxyl groups is 2. The van der Waals surface area contributed by atoms with Crippen molar-refractivity contribution < 1.29 is 48.7 Å². The van der Waals surface area contributed by atoms with Gasteiger partial charge in [-0.1, -0.05) is 43.5 Å². The number of rotatable bonds is 13. The number of hydrogen-bond acceptors (Lipinski definition) is 9. The van der Waals surface area contributed by atoms with Crippen molar-refractivity contribution in [3.63, 3.8) is 0 Å². The Kier molecular flexibility index (Phi) is 15.4. The van der Waals surface area contributed by atoms with Gasteiger partial charge in [-0.25, -0.2) is 14.4 Å². The maximum atomic E-state index is 11.7. The third-order valence-electron chi connectivity index (χ3n) is 3.34. The Morgan fingerprint density at radius 3 is 1.81 bits per heavy atom. The predicted octanol–water partition coefficient (Wildman–Crippen LogP) is 2.33. The lowest BCUT2D eigenvalue weighted by Gasteiger charge is -2.20. The molecule has 0 radical (unpaired) electrons. The van der Waals surface area contributed by atoms with Gasteiger partial charge in [0.1, 0.15) is 19.3 Å². The van der Waals surface area contributed by atoms with Gasteiger partial charge in [0.05, 0.1) is 24.3 Å². The first-order valence-electron chi connectivity index (χ1n) is 9.38. The Morgan fingerprint density at radius 1 is 0.938 bits per heavy atom. The van der Waals surface area contributed by atoms with Crippen LogP contribution in [0.5, 0.6) is 0 Å². The van der Waals surface area contributed by atoms with Gasteiger partial charge >= 0.3 is 18.1 Å². The van der Waals surface area contributed by atoms with Crippen LogP contribution in [0, 0.1) is 0 Å². The molecule has 0 aliphatic heterocycles. The minimum absolute atomic E-state index is 0.0921. The number of aliphatic hydroxyl groups excluding tert-OH is 2. The molecule has 10 heteroatoms. The van der Waals surface area contributed by atoms with E-state index in [0.717, 1.165) is 0 Å². The molecule has 0 saturated heterocycles. The third-order valence-corrected chi connectivity index (χ3v) is 3.34. The van der Waals surface area contributed by atoms with E-state index in [0.29, 0.717) is 0 Å². The lowest BCUT2D eigenvalue weighted by atomic mass is 10.1. The number of esters is 2. The van der Waals surface area contributed by atoms with Crippen molar-refractivity contribution in [1.82, 2.24) is 0 Å². The van der Waals surface area contributed by atoms with Gasteiger partial charge in [0.25, 0.3) is 0 Å². The Labute approximate surface area is 186 Å². The molecular weight excluding hydrogens is 424 g/mol. The second-order valence-electron chi connectivity index (χ2n) is 5.76. The Balaban J connectivity index is 0.000000622. The molecule has 0 fully saturated rings. The molecule has 32 heavy (non-hydrogen) atoms. The monoisotopic (exact) mass is 452 g/mol. The van der Waals surface area contributed by atoms with Gasteiger partial charge in [-0.3, -0.25) is 0 Å². The molecule has 0 aliphatic carbocycles. The van der Waals surface area contributed by atoms with E-state index in [2.05, 4.69) is 24.5 Å². The lowest BCUT2D eigenvalue weighted by Crippen LogP contribution is -2.34. The van der Waals surface area contributed by atoms with Gasteiger partial charge < -0.3 is 34.3 Å². The van der Waals surface area contributed by atoms with Crippen molar-refractivity contribution in [2.45, 2.75) is 18.8 Å². The number of ether oxygens (including phenoxy) is 4. The summed E-state index contributed by atoms with van der Waals surface area (Å²) in [6.45, 7) is 10.1. The second-order valence-corrected chi connectivity index (χ2v) is 5.76. The van der Waals surface area contributed by atoms with Crippen molar-refractivity contribution >= 4 is 18.1 Å². The quantitative estimate of drug-likeness (QED) is 0.176. The number of hydrogen-bond donors (Lipinski definition) is 3. The van der Waals surface area contributed by atoms with Crippen LogP contribution in [-0.2, 0) is 18.9 Å². The van der Waals surface area contributed by atoms with E-state index in [1.54, 1.807) is 12.1 Å². The van der Waals surface area contributed by atoms with Gasteiger partial charge in [0.15, 0.2) is 0 Å². The van der Waals surface area contributed by atoms with E-state index in [1.165, 1.54) is 30.4 Å². The van der Waals surface area contributed by atoms with Gasteiger partial charge in [0.2, 0.25) is 6.29 Å². The minimum Gasteiger partial charge on any atom is -0.458 e. The molecule has 0 spiro atoms. The molecule has 2 unspecified atom stereocenters. The van der Waals surface area contributed by atoms with E-state index < -0.39 is 30.5 Å². The van der Waals surface area contributed by atoms with Gasteiger partial charge in [-0.2, -0.15) is 0 Å². The van der Waals surface area contributed by atoms with Crippen molar-refractivity contribution in [2.24, 2.45) is 0 Å². The lowest BCUT2D eigenvalue weighted by molar-refractivity contribution is -0.173. The number of carboxylic acid groups (broad SMARTS) is 1. The van der Waals surface area contributed by atoms with E-state index in [9.17, 15) is 19.5 Å². The van der Waals surface area contributed by atoms with Crippen molar-refractivity contribution in [3.05, 3.63) is 73.4 Å². The molecule has 10 nitrogen and oxygen atoms in total. The molecule has 0 aromatic heterocycles. The molecule has 2 atom stereocenters. The highest BCUT2D eigenvalue weighted by molar-refractivity contribution is 6.03. The summed E-state index contributed by atoms with van der Waals surface area (Å²) in [5.74, 6) is -1.16. The first-order chi connectivity index (χ1) is 15.3. The SMILES string of the molecule is C=CCC(O)C(OCCO)OC(=O)O.C=CCOC(=O)c1ccccc1C(=O)OCC=C. The Morgan fingerprint density at radius 2 is 1.44 bits per heavy atom. The molecule has 0 heterocycles. The topological polar surface area (TPSA) is 149 Å². The Hall–Kier alpha value is -3.47. The van der Waals surface area contributed by atoms with Crippen LogP contribution < -0.4 is 0 Å². The summed E-state index contributed by atoms with van der Waals surface area (Å²) in [5.41, 5.74) is 0.349. The van der Waals surface area contributed by atoms with E-state index >= 15 is 0 Å². The maximum Gasteiger partial charge on any atom is 0.508 e. The van der Waals surface area contributed by atoms with Crippen LogP contribution in [0.1, 0.15) is 27.1 Å². The molecule has 176 valence electrons. The Bertz CT molecular complexity index is 716. The van der Waals surface area contributed by atoms with Gasteiger partial charge in [0, 0.05) is 0 Å². The fourth-order valence-corrected chi connectivity index (χ4v) is 2.04. The number of carbonyl (C=O) groups is 3. The fraction of sp³-hybridized carbons (Fsp3) is 0.318. The van der Waals surface area contributed by atoms with Crippen LogP contribution in [0.15, 0.2) is 62.2 Å². The molecular formula is C22H28O10. The first kappa shape index (κ1) is 28.5. The number of benzene rings is 1. The third kappa shape index (κ3) is 11.6. The zero-order chi connectivity index (χ0) is 24.4. The summed E-state index contributed by atoms with van der Waals surface area (Å²) in [7, 11) is 0. The summed E-state index contributed by atoms with van der Waals surface area (Å²) >= 11 is 0. The van der Waals surface area contributed by atoms with Crippen LogP contribution in [0.3, 0.4) is 0 Å². The maximum absolute atomic E-state index is 11.7. The van der Waals surface area contributed by atoms with Crippen LogP contribution in [0.25, 0.3) is 0 Å². The van der Waals surface area contributed by atoms with Crippen molar-refractivity contribution in [2.75, 3.05) is 26.4 Å². The molecule has 0 bridgehead atoms. The highest BCUT2D eigenvalue weighted by Crippen LogP contribution is 2.12. The molecule has 0 amide bonds. The predicted molar refractivity (Wildman–Crippen MR) is 114 cm³/mol.